The average molecular weight is 546 g/mol. The summed E-state index contributed by atoms with van der Waals surface area (Å²) in [5, 5.41) is 0. The van der Waals surface area contributed by atoms with Gasteiger partial charge in [0.15, 0.2) is 4.80 Å². The normalized spacial score (nSPS) is 16.6. The highest BCUT2D eigenvalue weighted by atomic mass is 32.2. The van der Waals surface area contributed by atoms with E-state index in [2.05, 4.69) is 4.99 Å². The van der Waals surface area contributed by atoms with Crippen LogP contribution in [-0.4, -0.2) is 62.1 Å². The van der Waals surface area contributed by atoms with Crippen molar-refractivity contribution in [3.63, 3.8) is 0 Å². The molecule has 4 rings (SSSR count). The van der Waals surface area contributed by atoms with Crippen LogP contribution in [0.5, 0.6) is 0 Å². The van der Waals surface area contributed by atoms with Crippen LogP contribution in [0.3, 0.4) is 0 Å². The molecule has 9 nitrogen and oxygen atoms in total. The summed E-state index contributed by atoms with van der Waals surface area (Å²) in [6.07, 6.45) is 1.66. The maximum absolute atomic E-state index is 13.0. The number of carbonyl (C=O) groups is 2. The van der Waals surface area contributed by atoms with E-state index in [0.717, 1.165) is 34.2 Å². The Morgan fingerprint density at radius 3 is 2.54 bits per heavy atom. The van der Waals surface area contributed by atoms with Crippen LogP contribution < -0.4 is 4.80 Å². The lowest BCUT2D eigenvalue weighted by Gasteiger charge is -2.20. The second-order valence-electron chi connectivity index (χ2n) is 9.04. The molecule has 1 atom stereocenters. The van der Waals surface area contributed by atoms with E-state index >= 15 is 0 Å². The summed E-state index contributed by atoms with van der Waals surface area (Å²) in [7, 11) is -2.19. The molecule has 11 heteroatoms. The van der Waals surface area contributed by atoms with Gasteiger partial charge in [-0.1, -0.05) is 11.3 Å². The zero-order valence-corrected chi connectivity index (χ0v) is 23.0. The average Bonchev–Trinajstić information content (AvgIpc) is 3.48. The number of hydrogen-bond donors (Lipinski definition) is 0. The van der Waals surface area contributed by atoms with E-state index in [1.165, 1.54) is 47.0 Å². The second kappa shape index (κ2) is 11.3. The van der Waals surface area contributed by atoms with Gasteiger partial charge in [0.25, 0.3) is 5.91 Å². The maximum Gasteiger partial charge on any atom is 0.326 e. The third kappa shape index (κ3) is 6.01. The number of amides is 1. The van der Waals surface area contributed by atoms with Gasteiger partial charge in [0.05, 0.1) is 27.8 Å². The molecule has 1 fully saturated rings. The van der Waals surface area contributed by atoms with Gasteiger partial charge in [0.2, 0.25) is 10.0 Å². The van der Waals surface area contributed by atoms with E-state index in [-0.39, 0.29) is 36.3 Å². The van der Waals surface area contributed by atoms with Gasteiger partial charge in [0.1, 0.15) is 6.54 Å². The number of hydrogen-bond acceptors (Lipinski definition) is 7. The molecule has 0 radical (unpaired) electrons. The number of carbonyl (C=O) groups excluding carboxylic acids is 2. The lowest BCUT2D eigenvalue weighted by molar-refractivity contribution is -0.143. The number of aromatic nitrogens is 1. The first-order valence-corrected chi connectivity index (χ1v) is 14.4. The summed E-state index contributed by atoms with van der Waals surface area (Å²) in [4.78, 5) is 30.1. The van der Waals surface area contributed by atoms with Crippen molar-refractivity contribution in [3.05, 3.63) is 57.9 Å². The minimum Gasteiger partial charge on any atom is -0.465 e. The number of nitrogens with zero attached hydrogens (tertiary/aromatic N) is 3. The molecular weight excluding hydrogens is 514 g/mol. The highest BCUT2D eigenvalue weighted by molar-refractivity contribution is 7.89. The van der Waals surface area contributed by atoms with Crippen molar-refractivity contribution < 1.29 is 27.5 Å². The fourth-order valence-electron chi connectivity index (χ4n) is 4.17. The van der Waals surface area contributed by atoms with E-state index in [4.69, 9.17) is 9.47 Å². The van der Waals surface area contributed by atoms with E-state index in [0.29, 0.717) is 11.4 Å². The number of esters is 1. The van der Waals surface area contributed by atoms with Gasteiger partial charge < -0.3 is 14.0 Å². The molecule has 0 aliphatic carbocycles. The Balaban J connectivity index is 1.63. The van der Waals surface area contributed by atoms with Crippen molar-refractivity contribution in [1.29, 1.82) is 0 Å². The van der Waals surface area contributed by atoms with E-state index in [9.17, 15) is 18.0 Å². The van der Waals surface area contributed by atoms with Crippen LogP contribution in [0.4, 0.5) is 0 Å². The molecular formula is C26H31N3O6S2. The van der Waals surface area contributed by atoms with Crippen LogP contribution in [0.15, 0.2) is 46.3 Å². The Morgan fingerprint density at radius 2 is 1.89 bits per heavy atom. The molecule has 198 valence electrons. The molecule has 1 amide bonds. The lowest BCUT2D eigenvalue weighted by atomic mass is 10.1. The first-order chi connectivity index (χ1) is 17.6. The van der Waals surface area contributed by atoms with Gasteiger partial charge in [0, 0.05) is 25.8 Å². The van der Waals surface area contributed by atoms with Gasteiger partial charge in [-0.25, -0.2) is 8.42 Å². The number of benzene rings is 2. The monoisotopic (exact) mass is 545 g/mol. The zero-order chi connectivity index (χ0) is 26.7. The van der Waals surface area contributed by atoms with Crippen molar-refractivity contribution in [2.75, 3.05) is 26.8 Å². The van der Waals surface area contributed by atoms with Crippen LogP contribution in [0.25, 0.3) is 10.2 Å². The van der Waals surface area contributed by atoms with Gasteiger partial charge in [-0.2, -0.15) is 9.30 Å². The minimum absolute atomic E-state index is 0.0727. The number of likely N-dealkylation sites (N-methyl/N-ethyl adjacent to an activating group) is 1. The fraction of sp³-hybridized carbons (Fsp3) is 0.423. The van der Waals surface area contributed by atoms with Crippen LogP contribution >= 0.6 is 11.3 Å². The summed E-state index contributed by atoms with van der Waals surface area (Å²) >= 11 is 1.31. The predicted molar refractivity (Wildman–Crippen MR) is 141 cm³/mol. The van der Waals surface area contributed by atoms with E-state index in [1.807, 2.05) is 26.0 Å². The van der Waals surface area contributed by atoms with Gasteiger partial charge in [-0.05, 0) is 81.1 Å². The van der Waals surface area contributed by atoms with Gasteiger partial charge >= 0.3 is 5.97 Å². The molecule has 3 aromatic rings. The maximum atomic E-state index is 13.0. The molecule has 2 heterocycles. The standard InChI is InChI=1S/C26H31N3O6S2/c1-5-34-24(30)16-29-22-13-17(2)18(3)14-23(22)36-26(29)27-25(31)19-8-10-21(11-9-19)37(32,33)28(4)15-20-7-6-12-35-20/h8-11,13-14,20H,5-7,12,15-16H2,1-4H3. The third-order valence-electron chi connectivity index (χ3n) is 6.38. The summed E-state index contributed by atoms with van der Waals surface area (Å²) in [6.45, 7) is 6.83. The number of aryl methyl sites for hydroxylation is 2. The first kappa shape index (κ1) is 27.2. The Kier molecular flexibility index (Phi) is 8.27. The van der Waals surface area contributed by atoms with Crippen molar-refractivity contribution in [1.82, 2.24) is 8.87 Å². The SMILES string of the molecule is CCOC(=O)Cn1c(=NC(=O)c2ccc(S(=O)(=O)N(C)CC3CCCO3)cc2)sc2cc(C)c(C)cc21. The number of thiazole rings is 1. The molecule has 0 spiro atoms. The largest absolute Gasteiger partial charge is 0.465 e. The summed E-state index contributed by atoms with van der Waals surface area (Å²) < 4.78 is 40.5. The number of ether oxygens (including phenoxy) is 2. The van der Waals surface area contributed by atoms with Crippen LogP contribution in [0.1, 0.15) is 41.3 Å². The number of rotatable bonds is 8. The molecule has 0 saturated carbocycles. The Bertz CT molecular complexity index is 1480. The minimum atomic E-state index is -3.72. The van der Waals surface area contributed by atoms with E-state index in [1.54, 1.807) is 11.5 Å². The predicted octanol–water partition coefficient (Wildman–Crippen LogP) is 3.42. The number of fused-ring (bicyclic) bond motifs is 1. The van der Waals surface area contributed by atoms with Crippen LogP contribution in [0, 0.1) is 13.8 Å². The second-order valence-corrected chi connectivity index (χ2v) is 12.1. The Morgan fingerprint density at radius 1 is 1.19 bits per heavy atom. The molecule has 0 N–H and O–H groups in total. The quantitative estimate of drug-likeness (QED) is 0.402. The zero-order valence-electron chi connectivity index (χ0n) is 21.4. The van der Waals surface area contributed by atoms with Crippen molar-refractivity contribution in [2.45, 2.75) is 51.2 Å². The third-order valence-corrected chi connectivity index (χ3v) is 9.26. The van der Waals surface area contributed by atoms with Crippen LogP contribution in [-0.2, 0) is 30.8 Å². The highest BCUT2D eigenvalue weighted by Crippen LogP contribution is 2.23. The van der Waals surface area contributed by atoms with Crippen molar-refractivity contribution >= 4 is 43.5 Å². The lowest BCUT2D eigenvalue weighted by Crippen LogP contribution is -2.34. The Labute approximate surface area is 220 Å². The summed E-state index contributed by atoms with van der Waals surface area (Å²) in [5.74, 6) is -0.953. The molecule has 2 aromatic carbocycles. The summed E-state index contributed by atoms with van der Waals surface area (Å²) in [6, 6.07) is 9.71. The molecule has 1 unspecified atom stereocenters. The highest BCUT2D eigenvalue weighted by Gasteiger charge is 2.26. The van der Waals surface area contributed by atoms with Crippen molar-refractivity contribution in [2.24, 2.45) is 4.99 Å². The number of sulfonamides is 1. The van der Waals surface area contributed by atoms with Gasteiger partial charge in [-0.15, -0.1) is 0 Å². The van der Waals surface area contributed by atoms with Crippen LogP contribution in [0.2, 0.25) is 0 Å². The summed E-state index contributed by atoms with van der Waals surface area (Å²) in [5.41, 5.74) is 3.19. The fourth-order valence-corrected chi connectivity index (χ4v) is 6.48. The molecule has 37 heavy (non-hydrogen) atoms. The Hall–Kier alpha value is -2.86. The molecule has 1 aliphatic rings. The van der Waals surface area contributed by atoms with E-state index < -0.39 is 21.9 Å². The molecule has 0 bridgehead atoms. The molecule has 1 aliphatic heterocycles. The first-order valence-electron chi connectivity index (χ1n) is 12.1. The smallest absolute Gasteiger partial charge is 0.326 e. The van der Waals surface area contributed by atoms with Gasteiger partial charge in [-0.3, -0.25) is 9.59 Å². The van der Waals surface area contributed by atoms with Crippen molar-refractivity contribution in [3.8, 4) is 0 Å². The molecule has 1 saturated heterocycles. The topological polar surface area (TPSA) is 107 Å². The molecule has 1 aromatic heterocycles.